The van der Waals surface area contributed by atoms with E-state index in [0.717, 1.165) is 30.5 Å². The topological polar surface area (TPSA) is 49.3 Å². The maximum absolute atomic E-state index is 4.36. The number of aromatic nitrogens is 1. The van der Waals surface area contributed by atoms with Gasteiger partial charge >= 0.3 is 0 Å². The van der Waals surface area contributed by atoms with Gasteiger partial charge in [0, 0.05) is 31.5 Å². The van der Waals surface area contributed by atoms with E-state index in [9.17, 15) is 0 Å². The highest BCUT2D eigenvalue weighted by molar-refractivity contribution is 5.79. The zero-order chi connectivity index (χ0) is 15.8. The molecule has 4 nitrogen and oxygen atoms in total. The molecule has 0 bridgehead atoms. The minimum absolute atomic E-state index is 0.575. The SMILES string of the molecule is CCC1CCCC(NC(=NC)NCCc2ccc(C)nc2)C1. The van der Waals surface area contributed by atoms with Gasteiger partial charge in [-0.05, 0) is 43.7 Å². The predicted octanol–water partition coefficient (Wildman–Crippen LogP) is 3.07. The third kappa shape index (κ3) is 5.32. The summed E-state index contributed by atoms with van der Waals surface area (Å²) in [7, 11) is 1.85. The van der Waals surface area contributed by atoms with E-state index in [4.69, 9.17) is 0 Å². The van der Waals surface area contributed by atoms with Crippen LogP contribution in [-0.4, -0.2) is 30.6 Å². The summed E-state index contributed by atoms with van der Waals surface area (Å²) in [6.07, 6.45) is 9.49. The van der Waals surface area contributed by atoms with Crippen LogP contribution in [0.15, 0.2) is 23.3 Å². The van der Waals surface area contributed by atoms with Gasteiger partial charge in [0.25, 0.3) is 0 Å². The lowest BCUT2D eigenvalue weighted by Gasteiger charge is -2.30. The van der Waals surface area contributed by atoms with E-state index in [1.165, 1.54) is 37.7 Å². The second-order valence-electron chi connectivity index (χ2n) is 6.34. The van der Waals surface area contributed by atoms with Crippen molar-refractivity contribution in [1.29, 1.82) is 0 Å². The van der Waals surface area contributed by atoms with Crippen LogP contribution >= 0.6 is 0 Å². The van der Waals surface area contributed by atoms with Gasteiger partial charge in [0.1, 0.15) is 0 Å². The Hall–Kier alpha value is -1.58. The fraction of sp³-hybridized carbons (Fsp3) is 0.667. The Morgan fingerprint density at radius 2 is 2.23 bits per heavy atom. The van der Waals surface area contributed by atoms with Crippen molar-refractivity contribution in [2.75, 3.05) is 13.6 Å². The summed E-state index contributed by atoms with van der Waals surface area (Å²) in [5.74, 6) is 1.81. The molecular formula is C18H30N4. The fourth-order valence-electron chi connectivity index (χ4n) is 3.15. The van der Waals surface area contributed by atoms with Crippen molar-refractivity contribution in [3.63, 3.8) is 0 Å². The molecule has 22 heavy (non-hydrogen) atoms. The smallest absolute Gasteiger partial charge is 0.191 e. The number of hydrogen-bond donors (Lipinski definition) is 2. The van der Waals surface area contributed by atoms with Crippen molar-refractivity contribution < 1.29 is 0 Å². The summed E-state index contributed by atoms with van der Waals surface area (Å²) < 4.78 is 0. The Morgan fingerprint density at radius 3 is 2.91 bits per heavy atom. The second kappa shape index (κ2) is 8.76. The Morgan fingerprint density at radius 1 is 1.36 bits per heavy atom. The minimum Gasteiger partial charge on any atom is -0.356 e. The van der Waals surface area contributed by atoms with E-state index in [-0.39, 0.29) is 0 Å². The Balaban J connectivity index is 1.74. The van der Waals surface area contributed by atoms with Crippen molar-refractivity contribution in [3.8, 4) is 0 Å². The molecule has 1 aliphatic rings. The third-order valence-electron chi connectivity index (χ3n) is 4.60. The molecule has 4 heteroatoms. The first-order valence-electron chi connectivity index (χ1n) is 8.60. The molecule has 1 aromatic heterocycles. The van der Waals surface area contributed by atoms with Gasteiger partial charge in [0.05, 0.1) is 0 Å². The molecule has 0 saturated heterocycles. The summed E-state index contributed by atoms with van der Waals surface area (Å²) in [6.45, 7) is 5.20. The van der Waals surface area contributed by atoms with Crippen LogP contribution < -0.4 is 10.6 Å². The molecule has 1 saturated carbocycles. The minimum atomic E-state index is 0.575. The van der Waals surface area contributed by atoms with Crippen molar-refractivity contribution in [2.24, 2.45) is 10.9 Å². The average molecular weight is 302 g/mol. The van der Waals surface area contributed by atoms with Crippen molar-refractivity contribution in [2.45, 2.75) is 58.4 Å². The van der Waals surface area contributed by atoms with E-state index >= 15 is 0 Å². The number of aryl methyl sites for hydroxylation is 1. The molecule has 0 aliphatic heterocycles. The highest BCUT2D eigenvalue weighted by Gasteiger charge is 2.21. The van der Waals surface area contributed by atoms with E-state index in [0.29, 0.717) is 6.04 Å². The van der Waals surface area contributed by atoms with E-state index in [2.05, 4.69) is 39.7 Å². The van der Waals surface area contributed by atoms with Crippen LogP contribution in [0.5, 0.6) is 0 Å². The number of rotatable bonds is 5. The lowest BCUT2D eigenvalue weighted by molar-refractivity contribution is 0.298. The summed E-state index contributed by atoms with van der Waals surface area (Å²) in [5, 5.41) is 7.01. The van der Waals surface area contributed by atoms with Gasteiger partial charge in [0.2, 0.25) is 0 Å². The summed E-state index contributed by atoms with van der Waals surface area (Å²) in [6, 6.07) is 4.79. The number of hydrogen-bond acceptors (Lipinski definition) is 2. The second-order valence-corrected chi connectivity index (χ2v) is 6.34. The molecule has 0 amide bonds. The standard InChI is InChI=1S/C18H30N4/c1-4-15-6-5-7-17(12-15)22-18(19-3)20-11-10-16-9-8-14(2)21-13-16/h8-9,13,15,17H,4-7,10-12H2,1-3H3,(H2,19,20,22). The maximum atomic E-state index is 4.36. The summed E-state index contributed by atoms with van der Waals surface area (Å²) in [5.41, 5.74) is 2.33. The number of nitrogens with zero attached hydrogens (tertiary/aromatic N) is 2. The number of guanidine groups is 1. The van der Waals surface area contributed by atoms with Gasteiger partial charge in [-0.2, -0.15) is 0 Å². The van der Waals surface area contributed by atoms with Gasteiger partial charge in [0.15, 0.2) is 5.96 Å². The highest BCUT2D eigenvalue weighted by Crippen LogP contribution is 2.26. The lowest BCUT2D eigenvalue weighted by Crippen LogP contribution is -2.45. The summed E-state index contributed by atoms with van der Waals surface area (Å²) >= 11 is 0. The van der Waals surface area contributed by atoms with Gasteiger partial charge in [-0.15, -0.1) is 0 Å². The van der Waals surface area contributed by atoms with Crippen molar-refractivity contribution >= 4 is 5.96 Å². The zero-order valence-corrected chi connectivity index (χ0v) is 14.2. The first-order chi connectivity index (χ1) is 10.7. The van der Waals surface area contributed by atoms with Crippen LogP contribution in [0.3, 0.4) is 0 Å². The highest BCUT2D eigenvalue weighted by atomic mass is 15.2. The van der Waals surface area contributed by atoms with Gasteiger partial charge in [-0.3, -0.25) is 9.98 Å². The molecule has 2 N–H and O–H groups in total. The van der Waals surface area contributed by atoms with Crippen LogP contribution in [0.1, 0.15) is 50.3 Å². The van der Waals surface area contributed by atoms with Crippen LogP contribution in [0.2, 0.25) is 0 Å². The lowest BCUT2D eigenvalue weighted by atomic mass is 9.84. The number of aliphatic imine (C=N–C) groups is 1. The Bertz CT molecular complexity index is 466. The van der Waals surface area contributed by atoms with Crippen molar-refractivity contribution in [1.82, 2.24) is 15.6 Å². The first kappa shape index (κ1) is 16.8. The van der Waals surface area contributed by atoms with E-state index in [1.54, 1.807) is 0 Å². The molecule has 1 fully saturated rings. The molecule has 122 valence electrons. The van der Waals surface area contributed by atoms with Gasteiger partial charge in [-0.1, -0.05) is 32.3 Å². The summed E-state index contributed by atoms with van der Waals surface area (Å²) in [4.78, 5) is 8.69. The molecule has 0 aromatic carbocycles. The van der Waals surface area contributed by atoms with Gasteiger partial charge < -0.3 is 10.6 Å². The average Bonchev–Trinajstić information content (AvgIpc) is 2.56. The molecule has 0 spiro atoms. The normalized spacial score (nSPS) is 22.4. The molecular weight excluding hydrogens is 272 g/mol. The molecule has 1 aliphatic carbocycles. The Kier molecular flexibility index (Phi) is 6.69. The van der Waals surface area contributed by atoms with Crippen LogP contribution in [0.25, 0.3) is 0 Å². The van der Waals surface area contributed by atoms with Crippen LogP contribution in [0.4, 0.5) is 0 Å². The molecule has 2 rings (SSSR count). The van der Waals surface area contributed by atoms with Crippen LogP contribution in [0, 0.1) is 12.8 Å². The Labute approximate surface area is 134 Å². The zero-order valence-electron chi connectivity index (χ0n) is 14.2. The number of pyridine rings is 1. The third-order valence-corrected chi connectivity index (χ3v) is 4.60. The van der Waals surface area contributed by atoms with Gasteiger partial charge in [-0.25, -0.2) is 0 Å². The molecule has 2 atom stereocenters. The molecule has 1 heterocycles. The monoisotopic (exact) mass is 302 g/mol. The molecule has 2 unspecified atom stereocenters. The number of nitrogens with one attached hydrogen (secondary N) is 2. The van der Waals surface area contributed by atoms with E-state index in [1.807, 2.05) is 20.2 Å². The van der Waals surface area contributed by atoms with E-state index < -0.39 is 0 Å². The van der Waals surface area contributed by atoms with Crippen molar-refractivity contribution in [3.05, 3.63) is 29.6 Å². The first-order valence-corrected chi connectivity index (χ1v) is 8.60. The fourth-order valence-corrected chi connectivity index (χ4v) is 3.15. The van der Waals surface area contributed by atoms with Crippen LogP contribution in [-0.2, 0) is 6.42 Å². The molecule has 0 radical (unpaired) electrons. The quantitative estimate of drug-likeness (QED) is 0.649. The largest absolute Gasteiger partial charge is 0.356 e. The maximum Gasteiger partial charge on any atom is 0.191 e. The molecule has 1 aromatic rings. The predicted molar refractivity (Wildman–Crippen MR) is 93.2 cm³/mol.